The van der Waals surface area contributed by atoms with Crippen molar-refractivity contribution in [1.82, 2.24) is 5.43 Å². The summed E-state index contributed by atoms with van der Waals surface area (Å²) < 4.78 is 40.3. The van der Waals surface area contributed by atoms with Crippen LogP contribution in [-0.4, -0.2) is 0 Å². The van der Waals surface area contributed by atoms with Gasteiger partial charge in [-0.25, -0.2) is 13.2 Å². The topological polar surface area (TPSA) is 38.0 Å². The molecule has 2 nitrogen and oxygen atoms in total. The number of hydrazine groups is 1. The number of hydrogen-bond acceptors (Lipinski definition) is 2. The van der Waals surface area contributed by atoms with Crippen LogP contribution < -0.4 is 11.3 Å². The second kappa shape index (κ2) is 5.50. The first-order chi connectivity index (χ1) is 10.1. The highest BCUT2D eigenvalue weighted by Crippen LogP contribution is 2.54. The molecule has 0 spiro atoms. The summed E-state index contributed by atoms with van der Waals surface area (Å²) >= 11 is 0. The van der Waals surface area contributed by atoms with Gasteiger partial charge in [-0.15, -0.1) is 0 Å². The molecule has 1 saturated carbocycles. The largest absolute Gasteiger partial charge is 0.271 e. The molecule has 110 valence electrons. The molecule has 2 aromatic rings. The average molecular weight is 292 g/mol. The van der Waals surface area contributed by atoms with Gasteiger partial charge in [0.15, 0.2) is 17.5 Å². The molecule has 2 aromatic carbocycles. The molecule has 5 heteroatoms. The molecule has 0 bridgehead atoms. The van der Waals surface area contributed by atoms with Gasteiger partial charge in [0.2, 0.25) is 0 Å². The Bertz CT molecular complexity index is 645. The number of benzene rings is 2. The summed E-state index contributed by atoms with van der Waals surface area (Å²) in [6, 6.07) is 11.4. The predicted molar refractivity (Wildman–Crippen MR) is 73.7 cm³/mol. The SMILES string of the molecule is NNC(c1ccc(F)c(F)c1F)C1CC1c1ccccc1. The van der Waals surface area contributed by atoms with Gasteiger partial charge >= 0.3 is 0 Å². The highest BCUT2D eigenvalue weighted by atomic mass is 19.2. The van der Waals surface area contributed by atoms with Gasteiger partial charge in [0.05, 0.1) is 6.04 Å². The molecule has 0 amide bonds. The van der Waals surface area contributed by atoms with Crippen molar-refractivity contribution in [2.24, 2.45) is 11.8 Å². The molecule has 0 radical (unpaired) electrons. The third kappa shape index (κ3) is 2.54. The van der Waals surface area contributed by atoms with Crippen LogP contribution in [0.1, 0.15) is 29.5 Å². The van der Waals surface area contributed by atoms with Gasteiger partial charge in [-0.3, -0.25) is 11.3 Å². The Hall–Kier alpha value is -1.85. The maximum atomic E-state index is 13.9. The molecule has 0 heterocycles. The smallest absolute Gasteiger partial charge is 0.194 e. The van der Waals surface area contributed by atoms with E-state index >= 15 is 0 Å². The standard InChI is InChI=1S/C16H15F3N2/c17-13-7-6-10(14(18)15(13)19)16(21-20)12-8-11(12)9-4-2-1-3-5-9/h1-7,11-12,16,21H,8,20H2. The molecule has 0 saturated heterocycles. The quantitative estimate of drug-likeness (QED) is 0.515. The van der Waals surface area contributed by atoms with Crippen molar-refractivity contribution in [3.63, 3.8) is 0 Å². The van der Waals surface area contributed by atoms with Gasteiger partial charge in [-0.1, -0.05) is 36.4 Å². The van der Waals surface area contributed by atoms with E-state index in [1.807, 2.05) is 30.3 Å². The molecular weight excluding hydrogens is 277 g/mol. The maximum Gasteiger partial charge on any atom is 0.194 e. The van der Waals surface area contributed by atoms with Crippen molar-refractivity contribution in [3.05, 3.63) is 71.0 Å². The zero-order valence-electron chi connectivity index (χ0n) is 11.2. The second-order valence-electron chi connectivity index (χ2n) is 5.33. The van der Waals surface area contributed by atoms with Crippen LogP contribution in [0.15, 0.2) is 42.5 Å². The van der Waals surface area contributed by atoms with E-state index in [0.29, 0.717) is 0 Å². The number of hydrogen-bond donors (Lipinski definition) is 2. The normalized spacial score (nSPS) is 22.1. The Labute approximate surface area is 120 Å². The van der Waals surface area contributed by atoms with Crippen molar-refractivity contribution >= 4 is 0 Å². The third-order valence-corrected chi connectivity index (χ3v) is 4.08. The lowest BCUT2D eigenvalue weighted by molar-refractivity contribution is 0.411. The van der Waals surface area contributed by atoms with E-state index in [4.69, 9.17) is 5.84 Å². The van der Waals surface area contributed by atoms with Crippen molar-refractivity contribution < 1.29 is 13.2 Å². The summed E-state index contributed by atoms with van der Waals surface area (Å²) in [5.41, 5.74) is 3.75. The van der Waals surface area contributed by atoms with E-state index in [1.54, 1.807) is 0 Å². The fourth-order valence-corrected chi connectivity index (χ4v) is 2.89. The Morgan fingerprint density at radius 3 is 2.38 bits per heavy atom. The lowest BCUT2D eigenvalue weighted by Crippen LogP contribution is -2.31. The average Bonchev–Trinajstić information content (AvgIpc) is 3.29. The first-order valence-electron chi connectivity index (χ1n) is 6.78. The molecule has 1 aliphatic carbocycles. The van der Waals surface area contributed by atoms with Crippen molar-refractivity contribution in [2.45, 2.75) is 18.4 Å². The van der Waals surface area contributed by atoms with Gasteiger partial charge < -0.3 is 0 Å². The maximum absolute atomic E-state index is 13.9. The predicted octanol–water partition coefficient (Wildman–Crippen LogP) is 3.41. The Morgan fingerprint density at radius 1 is 1.00 bits per heavy atom. The van der Waals surface area contributed by atoms with Crippen molar-refractivity contribution in [3.8, 4) is 0 Å². The monoisotopic (exact) mass is 292 g/mol. The van der Waals surface area contributed by atoms with Crippen LogP contribution in [0.5, 0.6) is 0 Å². The molecule has 3 rings (SSSR count). The van der Waals surface area contributed by atoms with E-state index in [9.17, 15) is 13.2 Å². The lowest BCUT2D eigenvalue weighted by Gasteiger charge is -2.17. The van der Waals surface area contributed by atoms with Crippen molar-refractivity contribution in [1.29, 1.82) is 0 Å². The minimum atomic E-state index is -1.45. The lowest BCUT2D eigenvalue weighted by atomic mass is 9.98. The summed E-state index contributed by atoms with van der Waals surface area (Å²) in [7, 11) is 0. The van der Waals surface area contributed by atoms with Gasteiger partial charge in [0.1, 0.15) is 0 Å². The molecule has 0 aromatic heterocycles. The molecule has 21 heavy (non-hydrogen) atoms. The van der Waals surface area contributed by atoms with Gasteiger partial charge in [-0.05, 0) is 29.9 Å². The summed E-state index contributed by atoms with van der Waals surface area (Å²) in [4.78, 5) is 0. The van der Waals surface area contributed by atoms with Crippen LogP contribution in [0.25, 0.3) is 0 Å². The fraction of sp³-hybridized carbons (Fsp3) is 0.250. The van der Waals surface area contributed by atoms with E-state index in [0.717, 1.165) is 18.1 Å². The van der Waals surface area contributed by atoms with E-state index in [2.05, 4.69) is 5.43 Å². The number of rotatable bonds is 4. The Kier molecular flexibility index (Phi) is 3.69. The van der Waals surface area contributed by atoms with Crippen LogP contribution in [-0.2, 0) is 0 Å². The van der Waals surface area contributed by atoms with Crippen LogP contribution in [0.4, 0.5) is 13.2 Å². The fourth-order valence-electron chi connectivity index (χ4n) is 2.89. The summed E-state index contributed by atoms with van der Waals surface area (Å²) in [5, 5.41) is 0. The summed E-state index contributed by atoms with van der Waals surface area (Å²) in [6.07, 6.45) is 0.831. The molecule has 3 N–H and O–H groups in total. The van der Waals surface area contributed by atoms with Crippen LogP contribution in [0, 0.1) is 23.4 Å². The number of nitrogens with one attached hydrogen (secondary N) is 1. The third-order valence-electron chi connectivity index (χ3n) is 4.08. The van der Waals surface area contributed by atoms with E-state index < -0.39 is 23.5 Å². The first-order valence-corrected chi connectivity index (χ1v) is 6.78. The molecule has 0 aliphatic heterocycles. The highest BCUT2D eigenvalue weighted by Gasteiger charge is 2.45. The zero-order valence-corrected chi connectivity index (χ0v) is 11.2. The van der Waals surface area contributed by atoms with E-state index in [-0.39, 0.29) is 17.4 Å². The Balaban J connectivity index is 1.86. The molecular formula is C16H15F3N2. The summed E-state index contributed by atoms with van der Waals surface area (Å²) in [6.45, 7) is 0. The molecule has 3 atom stereocenters. The zero-order chi connectivity index (χ0) is 15.0. The second-order valence-corrected chi connectivity index (χ2v) is 5.33. The van der Waals surface area contributed by atoms with Crippen LogP contribution in [0.2, 0.25) is 0 Å². The van der Waals surface area contributed by atoms with Crippen molar-refractivity contribution in [2.75, 3.05) is 0 Å². The summed E-state index contributed by atoms with van der Waals surface area (Å²) in [5.74, 6) is 2.01. The van der Waals surface area contributed by atoms with Crippen LogP contribution in [0.3, 0.4) is 0 Å². The molecule has 1 fully saturated rings. The van der Waals surface area contributed by atoms with Crippen LogP contribution >= 0.6 is 0 Å². The Morgan fingerprint density at radius 2 is 1.71 bits per heavy atom. The molecule has 1 aliphatic rings. The van der Waals surface area contributed by atoms with Gasteiger partial charge in [-0.2, -0.15) is 0 Å². The van der Waals surface area contributed by atoms with Gasteiger partial charge in [0.25, 0.3) is 0 Å². The first kappa shape index (κ1) is 14.1. The molecule has 3 unspecified atom stereocenters. The van der Waals surface area contributed by atoms with Gasteiger partial charge in [0, 0.05) is 5.56 Å². The number of nitrogens with two attached hydrogens (primary N) is 1. The minimum Gasteiger partial charge on any atom is -0.271 e. The highest BCUT2D eigenvalue weighted by molar-refractivity contribution is 5.31. The minimum absolute atomic E-state index is 0.0664. The van der Waals surface area contributed by atoms with E-state index in [1.165, 1.54) is 6.07 Å². The number of halogens is 3.